The molecule has 1 aromatic rings. The summed E-state index contributed by atoms with van der Waals surface area (Å²) in [5, 5.41) is 0.149. The van der Waals surface area contributed by atoms with Crippen molar-refractivity contribution in [2.75, 3.05) is 0 Å². The Kier molecular flexibility index (Phi) is 5.34. The van der Waals surface area contributed by atoms with Gasteiger partial charge in [0.05, 0.1) is 5.38 Å². The van der Waals surface area contributed by atoms with E-state index in [4.69, 9.17) is 11.6 Å². The van der Waals surface area contributed by atoms with Crippen molar-refractivity contribution in [3.63, 3.8) is 0 Å². The van der Waals surface area contributed by atoms with Gasteiger partial charge in [0, 0.05) is 0 Å². The van der Waals surface area contributed by atoms with E-state index in [0.717, 1.165) is 6.42 Å². The minimum Gasteiger partial charge on any atom is -0.118 e. The first-order chi connectivity index (χ1) is 7.60. The second-order valence-corrected chi connectivity index (χ2v) is 5.23. The lowest BCUT2D eigenvalue weighted by Crippen LogP contribution is -2.02. The Labute approximate surface area is 105 Å². The minimum atomic E-state index is 0.149. The molecule has 1 rings (SSSR count). The molecule has 3 atom stereocenters. The molecule has 1 heteroatoms. The molecule has 0 amide bonds. The van der Waals surface area contributed by atoms with Gasteiger partial charge in [0.25, 0.3) is 0 Å². The van der Waals surface area contributed by atoms with E-state index < -0.39 is 0 Å². The van der Waals surface area contributed by atoms with Crippen molar-refractivity contribution >= 4 is 11.6 Å². The van der Waals surface area contributed by atoms with E-state index >= 15 is 0 Å². The van der Waals surface area contributed by atoms with E-state index in [1.165, 1.54) is 17.5 Å². The third-order valence-corrected chi connectivity index (χ3v) is 4.26. The largest absolute Gasteiger partial charge is 0.118 e. The number of rotatable bonds is 5. The van der Waals surface area contributed by atoms with Gasteiger partial charge in [-0.2, -0.15) is 0 Å². The number of hydrogen-bond acceptors (Lipinski definition) is 0. The van der Waals surface area contributed by atoms with E-state index in [9.17, 15) is 0 Å². The molecule has 0 nitrogen and oxygen atoms in total. The summed E-state index contributed by atoms with van der Waals surface area (Å²) in [6.45, 7) is 8.89. The molecule has 0 fully saturated rings. The van der Waals surface area contributed by atoms with Crippen LogP contribution in [0, 0.1) is 5.92 Å². The molecule has 0 N–H and O–H groups in total. The molecule has 0 spiro atoms. The Morgan fingerprint density at radius 3 is 1.88 bits per heavy atom. The smallest absolute Gasteiger partial charge is 0.0610 e. The molecule has 0 aliphatic rings. The van der Waals surface area contributed by atoms with Crippen LogP contribution in [0.4, 0.5) is 0 Å². The molecule has 0 radical (unpaired) electrons. The van der Waals surface area contributed by atoms with E-state index in [1.54, 1.807) is 0 Å². The van der Waals surface area contributed by atoms with Gasteiger partial charge in [-0.1, -0.05) is 58.4 Å². The van der Waals surface area contributed by atoms with Crippen LogP contribution in [0.15, 0.2) is 24.3 Å². The summed E-state index contributed by atoms with van der Waals surface area (Å²) < 4.78 is 0. The van der Waals surface area contributed by atoms with E-state index in [2.05, 4.69) is 52.0 Å². The van der Waals surface area contributed by atoms with Crippen LogP contribution >= 0.6 is 11.6 Å². The Hall–Kier alpha value is -0.490. The molecule has 3 unspecified atom stereocenters. The molecular weight excluding hydrogens is 216 g/mol. The average Bonchev–Trinajstić information content (AvgIpc) is 2.36. The third kappa shape index (κ3) is 3.25. The molecule has 0 aromatic heterocycles. The molecule has 16 heavy (non-hydrogen) atoms. The van der Waals surface area contributed by atoms with Crippen LogP contribution in [0.2, 0.25) is 0 Å². The van der Waals surface area contributed by atoms with Crippen molar-refractivity contribution in [1.82, 2.24) is 0 Å². The van der Waals surface area contributed by atoms with Crippen molar-refractivity contribution < 1.29 is 0 Å². The highest BCUT2D eigenvalue weighted by atomic mass is 35.5. The van der Waals surface area contributed by atoms with Crippen molar-refractivity contribution in [3.8, 4) is 0 Å². The first-order valence-electron chi connectivity index (χ1n) is 6.34. The predicted octanol–water partition coefficient (Wildman–Crippen LogP) is 5.53. The molecule has 0 saturated carbocycles. The zero-order valence-electron chi connectivity index (χ0n) is 10.8. The standard InChI is InChI=1S/C15H23Cl/c1-5-11(3)13-7-9-14(10-8-13)15(16)12(4)6-2/h7-12,15H,5-6H2,1-4H3. The van der Waals surface area contributed by atoms with E-state index in [1.807, 2.05) is 0 Å². The van der Waals surface area contributed by atoms with Crippen LogP contribution in [0.1, 0.15) is 63.0 Å². The highest BCUT2D eigenvalue weighted by Gasteiger charge is 2.14. The molecule has 90 valence electrons. The molecular formula is C15H23Cl. The van der Waals surface area contributed by atoms with Gasteiger partial charge >= 0.3 is 0 Å². The first kappa shape index (κ1) is 13.6. The van der Waals surface area contributed by atoms with E-state index in [0.29, 0.717) is 11.8 Å². The maximum Gasteiger partial charge on any atom is 0.0610 e. The van der Waals surface area contributed by atoms with E-state index in [-0.39, 0.29) is 5.38 Å². The van der Waals surface area contributed by atoms with Gasteiger partial charge in [-0.15, -0.1) is 11.6 Å². The fraction of sp³-hybridized carbons (Fsp3) is 0.600. The number of alkyl halides is 1. The van der Waals surface area contributed by atoms with Crippen molar-refractivity contribution in [2.45, 2.75) is 51.8 Å². The van der Waals surface area contributed by atoms with Gasteiger partial charge in [-0.3, -0.25) is 0 Å². The SMILES string of the molecule is CCC(C)c1ccc(C(Cl)C(C)CC)cc1. The summed E-state index contributed by atoms with van der Waals surface area (Å²) in [4.78, 5) is 0. The quantitative estimate of drug-likeness (QED) is 0.592. The number of halogens is 1. The molecule has 0 aliphatic carbocycles. The lowest BCUT2D eigenvalue weighted by atomic mass is 9.94. The zero-order chi connectivity index (χ0) is 12.1. The molecule has 0 aliphatic heterocycles. The van der Waals surface area contributed by atoms with Gasteiger partial charge in [-0.25, -0.2) is 0 Å². The topological polar surface area (TPSA) is 0 Å². The summed E-state index contributed by atoms with van der Waals surface area (Å²) in [5.74, 6) is 1.18. The maximum absolute atomic E-state index is 6.42. The number of hydrogen-bond donors (Lipinski definition) is 0. The van der Waals surface area contributed by atoms with Crippen LogP contribution in [0.3, 0.4) is 0 Å². The highest BCUT2D eigenvalue weighted by Crippen LogP contribution is 2.31. The summed E-state index contributed by atoms with van der Waals surface area (Å²) in [6.07, 6.45) is 2.32. The van der Waals surface area contributed by atoms with Gasteiger partial charge in [-0.05, 0) is 29.4 Å². The number of benzene rings is 1. The van der Waals surface area contributed by atoms with Crippen LogP contribution in [0.25, 0.3) is 0 Å². The van der Waals surface area contributed by atoms with Crippen LogP contribution in [0.5, 0.6) is 0 Å². The molecule has 0 heterocycles. The fourth-order valence-corrected chi connectivity index (χ4v) is 2.10. The maximum atomic E-state index is 6.42. The lowest BCUT2D eigenvalue weighted by Gasteiger charge is -2.17. The Morgan fingerprint density at radius 1 is 0.938 bits per heavy atom. The molecule has 0 bridgehead atoms. The predicted molar refractivity (Wildman–Crippen MR) is 73.2 cm³/mol. The summed E-state index contributed by atoms with van der Waals surface area (Å²) in [5.41, 5.74) is 2.67. The van der Waals surface area contributed by atoms with Crippen LogP contribution < -0.4 is 0 Å². The third-order valence-electron chi connectivity index (χ3n) is 3.58. The Morgan fingerprint density at radius 2 is 1.44 bits per heavy atom. The summed E-state index contributed by atoms with van der Waals surface area (Å²) >= 11 is 6.42. The normalized spacial score (nSPS) is 16.8. The highest BCUT2D eigenvalue weighted by molar-refractivity contribution is 6.20. The van der Waals surface area contributed by atoms with Crippen molar-refractivity contribution in [2.24, 2.45) is 5.92 Å². The second kappa shape index (κ2) is 6.30. The minimum absolute atomic E-state index is 0.149. The van der Waals surface area contributed by atoms with Gasteiger partial charge < -0.3 is 0 Å². The lowest BCUT2D eigenvalue weighted by molar-refractivity contribution is 0.542. The monoisotopic (exact) mass is 238 g/mol. The molecule has 1 aromatic carbocycles. The Bertz CT molecular complexity index is 302. The van der Waals surface area contributed by atoms with Gasteiger partial charge in [0.2, 0.25) is 0 Å². The second-order valence-electron chi connectivity index (χ2n) is 4.76. The van der Waals surface area contributed by atoms with Crippen molar-refractivity contribution in [1.29, 1.82) is 0 Å². The van der Waals surface area contributed by atoms with Crippen molar-refractivity contribution in [3.05, 3.63) is 35.4 Å². The summed E-state index contributed by atoms with van der Waals surface area (Å²) in [6, 6.07) is 8.82. The molecule has 0 saturated heterocycles. The van der Waals surface area contributed by atoms with Gasteiger partial charge in [0.15, 0.2) is 0 Å². The average molecular weight is 239 g/mol. The first-order valence-corrected chi connectivity index (χ1v) is 6.77. The summed E-state index contributed by atoms with van der Waals surface area (Å²) in [7, 11) is 0. The zero-order valence-corrected chi connectivity index (χ0v) is 11.6. The van der Waals surface area contributed by atoms with Crippen LogP contribution in [-0.4, -0.2) is 0 Å². The Balaban J connectivity index is 2.78. The van der Waals surface area contributed by atoms with Gasteiger partial charge in [0.1, 0.15) is 0 Å². The fourth-order valence-electron chi connectivity index (χ4n) is 1.78. The van der Waals surface area contributed by atoms with Crippen LogP contribution in [-0.2, 0) is 0 Å².